The SMILES string of the molecule is O=C(CCN1CC2CCC(O)C2C1)c1cccc(F)c1F. The Morgan fingerprint density at radius 2 is 2.10 bits per heavy atom. The van der Waals surface area contributed by atoms with Crippen LogP contribution in [0, 0.1) is 23.5 Å². The molecule has 5 heteroatoms. The number of carbonyl (C=O) groups is 1. The van der Waals surface area contributed by atoms with Crippen LogP contribution in [-0.2, 0) is 0 Å². The second kappa shape index (κ2) is 5.81. The Kier molecular flexibility index (Phi) is 4.04. The highest BCUT2D eigenvalue weighted by molar-refractivity contribution is 5.96. The predicted octanol–water partition coefficient (Wildman–Crippen LogP) is 2.24. The molecule has 0 amide bonds. The number of fused-ring (bicyclic) bond motifs is 1. The molecule has 3 nitrogen and oxygen atoms in total. The van der Waals surface area contributed by atoms with E-state index < -0.39 is 11.6 Å². The molecule has 1 aliphatic carbocycles. The minimum Gasteiger partial charge on any atom is -0.393 e. The van der Waals surface area contributed by atoms with Gasteiger partial charge in [-0.25, -0.2) is 8.78 Å². The first-order chi connectivity index (χ1) is 10.1. The van der Waals surface area contributed by atoms with Crippen LogP contribution in [0.15, 0.2) is 18.2 Å². The quantitative estimate of drug-likeness (QED) is 0.866. The van der Waals surface area contributed by atoms with Gasteiger partial charge in [0.25, 0.3) is 0 Å². The van der Waals surface area contributed by atoms with Crippen molar-refractivity contribution in [2.45, 2.75) is 25.4 Å². The number of rotatable bonds is 4. The van der Waals surface area contributed by atoms with Gasteiger partial charge in [-0.1, -0.05) is 6.07 Å². The van der Waals surface area contributed by atoms with Crippen LogP contribution in [-0.4, -0.2) is 41.5 Å². The van der Waals surface area contributed by atoms with Gasteiger partial charge in [0.15, 0.2) is 17.4 Å². The van der Waals surface area contributed by atoms with Crippen LogP contribution in [0.3, 0.4) is 0 Å². The molecule has 1 saturated heterocycles. The van der Waals surface area contributed by atoms with Gasteiger partial charge in [0.2, 0.25) is 0 Å². The van der Waals surface area contributed by atoms with Gasteiger partial charge < -0.3 is 10.0 Å². The van der Waals surface area contributed by atoms with E-state index in [0.29, 0.717) is 18.4 Å². The summed E-state index contributed by atoms with van der Waals surface area (Å²) in [5.41, 5.74) is -0.172. The van der Waals surface area contributed by atoms with E-state index in [9.17, 15) is 18.7 Å². The van der Waals surface area contributed by atoms with E-state index >= 15 is 0 Å². The Bertz CT molecular complexity index is 549. The molecule has 2 aliphatic rings. The van der Waals surface area contributed by atoms with Crippen LogP contribution in [0.5, 0.6) is 0 Å². The molecular formula is C16H19F2NO2. The third-order valence-corrected chi connectivity index (χ3v) is 4.80. The summed E-state index contributed by atoms with van der Waals surface area (Å²) in [7, 11) is 0. The maximum atomic E-state index is 13.5. The molecule has 0 bridgehead atoms. The predicted molar refractivity (Wildman–Crippen MR) is 74.0 cm³/mol. The van der Waals surface area contributed by atoms with Gasteiger partial charge in [0, 0.05) is 32.0 Å². The highest BCUT2D eigenvalue weighted by Crippen LogP contribution is 2.38. The number of halogens is 2. The minimum absolute atomic E-state index is 0.172. The van der Waals surface area contributed by atoms with E-state index in [-0.39, 0.29) is 23.9 Å². The molecule has 2 fully saturated rings. The molecule has 0 radical (unpaired) electrons. The Hall–Kier alpha value is -1.33. The molecule has 21 heavy (non-hydrogen) atoms. The zero-order valence-electron chi connectivity index (χ0n) is 11.8. The summed E-state index contributed by atoms with van der Waals surface area (Å²) in [5, 5.41) is 9.85. The first-order valence-electron chi connectivity index (χ1n) is 7.44. The van der Waals surface area contributed by atoms with Crippen LogP contribution in [0.4, 0.5) is 8.78 Å². The lowest BCUT2D eigenvalue weighted by Crippen LogP contribution is -2.27. The summed E-state index contributed by atoms with van der Waals surface area (Å²) in [6.07, 6.45) is 1.86. The fourth-order valence-electron chi connectivity index (χ4n) is 3.62. The van der Waals surface area contributed by atoms with Crippen molar-refractivity contribution in [3.8, 4) is 0 Å². The molecule has 1 aromatic rings. The van der Waals surface area contributed by atoms with E-state index in [1.807, 2.05) is 0 Å². The van der Waals surface area contributed by atoms with Gasteiger partial charge in [0.05, 0.1) is 11.7 Å². The highest BCUT2D eigenvalue weighted by Gasteiger charge is 2.41. The van der Waals surface area contributed by atoms with E-state index in [1.54, 1.807) is 0 Å². The standard InChI is InChI=1S/C16H19F2NO2/c17-13-3-1-2-11(16(13)18)15(21)6-7-19-8-10-4-5-14(20)12(10)9-19/h1-3,10,12,14,20H,4-9H2. The van der Waals surface area contributed by atoms with Crippen LogP contribution in [0.2, 0.25) is 0 Å². The summed E-state index contributed by atoms with van der Waals surface area (Å²) in [5.74, 6) is -1.59. The number of ketones is 1. The van der Waals surface area contributed by atoms with Crippen molar-refractivity contribution in [1.29, 1.82) is 0 Å². The van der Waals surface area contributed by atoms with Crippen molar-refractivity contribution < 1.29 is 18.7 Å². The first-order valence-corrected chi connectivity index (χ1v) is 7.44. The van der Waals surface area contributed by atoms with Crippen molar-refractivity contribution in [2.24, 2.45) is 11.8 Å². The maximum absolute atomic E-state index is 13.5. The molecule has 1 heterocycles. The number of aliphatic hydroxyl groups excluding tert-OH is 1. The topological polar surface area (TPSA) is 40.5 Å². The summed E-state index contributed by atoms with van der Waals surface area (Å²) in [6, 6.07) is 3.68. The summed E-state index contributed by atoms with van der Waals surface area (Å²) >= 11 is 0. The number of hydrogen-bond acceptors (Lipinski definition) is 3. The molecule has 114 valence electrons. The summed E-state index contributed by atoms with van der Waals surface area (Å²) in [6.45, 7) is 2.22. The van der Waals surface area contributed by atoms with Crippen molar-refractivity contribution >= 4 is 5.78 Å². The van der Waals surface area contributed by atoms with Gasteiger partial charge in [-0.3, -0.25) is 4.79 Å². The number of aliphatic hydroxyl groups is 1. The Morgan fingerprint density at radius 3 is 2.86 bits per heavy atom. The van der Waals surface area contributed by atoms with E-state index in [1.165, 1.54) is 12.1 Å². The van der Waals surface area contributed by atoms with Gasteiger partial charge >= 0.3 is 0 Å². The van der Waals surface area contributed by atoms with Gasteiger partial charge in [-0.2, -0.15) is 0 Å². The fraction of sp³-hybridized carbons (Fsp3) is 0.562. The van der Waals surface area contributed by atoms with Gasteiger partial charge in [0.1, 0.15) is 0 Å². The van der Waals surface area contributed by atoms with Crippen molar-refractivity contribution in [2.75, 3.05) is 19.6 Å². The zero-order valence-corrected chi connectivity index (χ0v) is 11.8. The Labute approximate surface area is 122 Å². The van der Waals surface area contributed by atoms with E-state index in [0.717, 1.165) is 32.0 Å². The summed E-state index contributed by atoms with van der Waals surface area (Å²) in [4.78, 5) is 14.1. The van der Waals surface area contributed by atoms with Crippen LogP contribution >= 0.6 is 0 Å². The van der Waals surface area contributed by atoms with Gasteiger partial charge in [-0.05, 0) is 30.9 Å². The van der Waals surface area contributed by atoms with Gasteiger partial charge in [-0.15, -0.1) is 0 Å². The average molecular weight is 295 g/mol. The number of hydrogen-bond donors (Lipinski definition) is 1. The molecule has 0 spiro atoms. The lowest BCUT2D eigenvalue weighted by atomic mass is 10.00. The van der Waals surface area contributed by atoms with Crippen LogP contribution in [0.25, 0.3) is 0 Å². The van der Waals surface area contributed by atoms with E-state index in [4.69, 9.17) is 0 Å². The lowest BCUT2D eigenvalue weighted by molar-refractivity contribution is 0.0956. The molecule has 1 aliphatic heterocycles. The first kappa shape index (κ1) is 14.6. The second-order valence-electron chi connectivity index (χ2n) is 6.10. The molecule has 1 N–H and O–H groups in total. The van der Waals surface area contributed by atoms with Crippen molar-refractivity contribution in [3.63, 3.8) is 0 Å². The molecule has 0 aromatic heterocycles. The zero-order chi connectivity index (χ0) is 15.0. The van der Waals surface area contributed by atoms with Crippen LogP contribution in [0.1, 0.15) is 29.6 Å². The summed E-state index contributed by atoms with van der Waals surface area (Å²) < 4.78 is 26.7. The molecule has 3 unspecified atom stereocenters. The second-order valence-corrected chi connectivity index (χ2v) is 6.10. The number of benzene rings is 1. The third-order valence-electron chi connectivity index (χ3n) is 4.80. The molecular weight excluding hydrogens is 276 g/mol. The Morgan fingerprint density at radius 1 is 1.29 bits per heavy atom. The molecule has 1 aromatic carbocycles. The maximum Gasteiger partial charge on any atom is 0.169 e. The normalized spacial score (nSPS) is 28.8. The smallest absolute Gasteiger partial charge is 0.169 e. The molecule has 1 saturated carbocycles. The van der Waals surface area contributed by atoms with Crippen molar-refractivity contribution in [3.05, 3.63) is 35.4 Å². The van der Waals surface area contributed by atoms with Crippen molar-refractivity contribution in [1.82, 2.24) is 4.90 Å². The van der Waals surface area contributed by atoms with E-state index in [2.05, 4.69) is 4.90 Å². The minimum atomic E-state index is -1.06. The number of carbonyl (C=O) groups excluding carboxylic acids is 1. The van der Waals surface area contributed by atoms with Crippen LogP contribution < -0.4 is 0 Å². The third kappa shape index (κ3) is 2.85. The molecule has 3 rings (SSSR count). The average Bonchev–Trinajstić information content (AvgIpc) is 3.01. The monoisotopic (exact) mass is 295 g/mol. The molecule has 3 atom stereocenters. The fourth-order valence-corrected chi connectivity index (χ4v) is 3.62. The largest absolute Gasteiger partial charge is 0.393 e. The number of nitrogens with zero attached hydrogens (tertiary/aromatic N) is 1. The Balaban J connectivity index is 1.56. The highest BCUT2D eigenvalue weighted by atomic mass is 19.2. The number of likely N-dealkylation sites (tertiary alicyclic amines) is 1. The number of Topliss-reactive ketones (excluding diaryl/α,β-unsaturated/α-hetero) is 1. The lowest BCUT2D eigenvalue weighted by Gasteiger charge is -2.17.